The Morgan fingerprint density at radius 1 is 1.23 bits per heavy atom. The van der Waals surface area contributed by atoms with Crippen LogP contribution < -0.4 is 15.0 Å². The average molecular weight is 305 g/mol. The second-order valence-corrected chi connectivity index (χ2v) is 6.06. The molecule has 2 rings (SSSR count). The fraction of sp³-hybridized carbons (Fsp3) is 0.588. The third-order valence-corrected chi connectivity index (χ3v) is 3.99. The lowest BCUT2D eigenvalue weighted by Gasteiger charge is -2.36. The topological polar surface area (TPSA) is 44.8 Å². The summed E-state index contributed by atoms with van der Waals surface area (Å²) in [6, 6.07) is 8.08. The number of anilines is 1. The number of ether oxygens (including phenoxy) is 1. The fourth-order valence-electron chi connectivity index (χ4n) is 2.62. The molecule has 0 saturated carbocycles. The third kappa shape index (κ3) is 4.29. The number of amides is 2. The van der Waals surface area contributed by atoms with Gasteiger partial charge in [0, 0.05) is 32.7 Å². The summed E-state index contributed by atoms with van der Waals surface area (Å²) in [5, 5.41) is 3.00. The highest BCUT2D eigenvalue weighted by atomic mass is 16.5. The van der Waals surface area contributed by atoms with Crippen LogP contribution in [0.2, 0.25) is 0 Å². The SMILES string of the molecule is COc1ccccc1N1CCN(C(=O)NCCC(C)C)CC1. The van der Waals surface area contributed by atoms with Gasteiger partial charge in [-0.15, -0.1) is 0 Å². The van der Waals surface area contributed by atoms with E-state index >= 15 is 0 Å². The van der Waals surface area contributed by atoms with Crippen LogP contribution in [0.1, 0.15) is 20.3 Å². The Morgan fingerprint density at radius 2 is 1.91 bits per heavy atom. The predicted molar refractivity (Wildman–Crippen MR) is 89.6 cm³/mol. The second kappa shape index (κ2) is 7.92. The summed E-state index contributed by atoms with van der Waals surface area (Å²) in [5.74, 6) is 1.50. The Balaban J connectivity index is 1.84. The van der Waals surface area contributed by atoms with E-state index in [9.17, 15) is 4.79 Å². The maximum atomic E-state index is 12.1. The van der Waals surface area contributed by atoms with Crippen molar-refractivity contribution in [3.8, 4) is 5.75 Å². The number of nitrogens with one attached hydrogen (secondary N) is 1. The first-order chi connectivity index (χ1) is 10.6. The number of para-hydroxylation sites is 2. The number of hydrogen-bond donors (Lipinski definition) is 1. The van der Waals surface area contributed by atoms with Gasteiger partial charge in [0.1, 0.15) is 5.75 Å². The van der Waals surface area contributed by atoms with Gasteiger partial charge in [-0.25, -0.2) is 4.79 Å². The zero-order valence-corrected chi connectivity index (χ0v) is 13.8. The first kappa shape index (κ1) is 16.5. The van der Waals surface area contributed by atoms with Gasteiger partial charge in [0.05, 0.1) is 12.8 Å². The number of urea groups is 1. The number of carbonyl (C=O) groups excluding carboxylic acids is 1. The van der Waals surface area contributed by atoms with Crippen LogP contribution >= 0.6 is 0 Å². The number of piperazine rings is 1. The van der Waals surface area contributed by atoms with Gasteiger partial charge in [0.2, 0.25) is 0 Å². The van der Waals surface area contributed by atoms with E-state index in [1.807, 2.05) is 23.1 Å². The largest absolute Gasteiger partial charge is 0.495 e. The van der Waals surface area contributed by atoms with Crippen LogP contribution in [0, 0.1) is 5.92 Å². The van der Waals surface area contributed by atoms with Gasteiger partial charge < -0.3 is 19.9 Å². The van der Waals surface area contributed by atoms with Gasteiger partial charge in [0.25, 0.3) is 0 Å². The maximum Gasteiger partial charge on any atom is 0.317 e. The van der Waals surface area contributed by atoms with Gasteiger partial charge >= 0.3 is 6.03 Å². The van der Waals surface area contributed by atoms with E-state index in [-0.39, 0.29) is 6.03 Å². The molecule has 0 spiro atoms. The van der Waals surface area contributed by atoms with Gasteiger partial charge in [0.15, 0.2) is 0 Å². The number of methoxy groups -OCH3 is 1. The van der Waals surface area contributed by atoms with Crippen molar-refractivity contribution >= 4 is 11.7 Å². The van der Waals surface area contributed by atoms with Gasteiger partial charge in [-0.1, -0.05) is 26.0 Å². The van der Waals surface area contributed by atoms with Crippen molar-refractivity contribution in [2.24, 2.45) is 5.92 Å². The van der Waals surface area contributed by atoms with E-state index in [2.05, 4.69) is 30.1 Å². The summed E-state index contributed by atoms with van der Waals surface area (Å²) in [5.41, 5.74) is 1.10. The zero-order valence-electron chi connectivity index (χ0n) is 13.8. The molecule has 0 bridgehead atoms. The van der Waals surface area contributed by atoms with E-state index in [0.717, 1.165) is 50.6 Å². The van der Waals surface area contributed by atoms with Crippen molar-refractivity contribution in [1.82, 2.24) is 10.2 Å². The Kier molecular flexibility index (Phi) is 5.92. The normalized spacial score (nSPS) is 15.1. The smallest absolute Gasteiger partial charge is 0.317 e. The molecule has 0 aromatic heterocycles. The van der Waals surface area contributed by atoms with Gasteiger partial charge in [-0.3, -0.25) is 0 Å². The fourth-order valence-corrected chi connectivity index (χ4v) is 2.62. The molecule has 1 N–H and O–H groups in total. The summed E-state index contributed by atoms with van der Waals surface area (Å²) >= 11 is 0. The van der Waals surface area contributed by atoms with Crippen molar-refractivity contribution in [1.29, 1.82) is 0 Å². The van der Waals surface area contributed by atoms with Crippen LogP contribution in [0.5, 0.6) is 5.75 Å². The van der Waals surface area contributed by atoms with Gasteiger partial charge in [-0.2, -0.15) is 0 Å². The number of nitrogens with zero attached hydrogens (tertiary/aromatic N) is 2. The predicted octanol–water partition coefficient (Wildman–Crippen LogP) is 2.57. The maximum absolute atomic E-state index is 12.1. The van der Waals surface area contributed by atoms with E-state index < -0.39 is 0 Å². The molecular formula is C17H27N3O2. The summed E-state index contributed by atoms with van der Waals surface area (Å²) in [6.45, 7) is 8.23. The second-order valence-electron chi connectivity index (χ2n) is 6.06. The average Bonchev–Trinajstić information content (AvgIpc) is 2.54. The molecule has 1 aromatic carbocycles. The van der Waals surface area contributed by atoms with Crippen LogP contribution in [0.3, 0.4) is 0 Å². The lowest BCUT2D eigenvalue weighted by Crippen LogP contribution is -2.52. The first-order valence-electron chi connectivity index (χ1n) is 8.02. The molecular weight excluding hydrogens is 278 g/mol. The Morgan fingerprint density at radius 3 is 2.55 bits per heavy atom. The molecule has 22 heavy (non-hydrogen) atoms. The Bertz CT molecular complexity index is 483. The molecule has 1 heterocycles. The molecule has 0 unspecified atom stereocenters. The van der Waals surface area contributed by atoms with E-state index in [0.29, 0.717) is 5.92 Å². The minimum Gasteiger partial charge on any atom is -0.495 e. The molecule has 5 heteroatoms. The number of carbonyl (C=O) groups is 1. The highest BCUT2D eigenvalue weighted by Gasteiger charge is 2.22. The van der Waals surface area contributed by atoms with Crippen LogP contribution in [0.4, 0.5) is 10.5 Å². The minimum atomic E-state index is 0.0559. The standard InChI is InChI=1S/C17H27N3O2/c1-14(2)8-9-18-17(21)20-12-10-19(11-13-20)15-6-4-5-7-16(15)22-3/h4-7,14H,8-13H2,1-3H3,(H,18,21). The number of rotatable bonds is 5. The summed E-state index contributed by atoms with van der Waals surface area (Å²) < 4.78 is 5.41. The monoisotopic (exact) mass is 305 g/mol. The van der Waals surface area contributed by atoms with Crippen LogP contribution in [-0.4, -0.2) is 50.8 Å². The highest BCUT2D eigenvalue weighted by Crippen LogP contribution is 2.28. The molecule has 2 amide bonds. The number of hydrogen-bond acceptors (Lipinski definition) is 3. The van der Waals surface area contributed by atoms with Crippen molar-refractivity contribution in [3.63, 3.8) is 0 Å². The molecule has 1 aromatic rings. The summed E-state index contributed by atoms with van der Waals surface area (Å²) in [7, 11) is 1.69. The molecule has 0 radical (unpaired) electrons. The molecule has 1 fully saturated rings. The van der Waals surface area contributed by atoms with E-state index in [1.54, 1.807) is 7.11 Å². The summed E-state index contributed by atoms with van der Waals surface area (Å²) in [4.78, 5) is 16.3. The van der Waals surface area contributed by atoms with Crippen molar-refractivity contribution in [2.75, 3.05) is 44.7 Å². The molecule has 5 nitrogen and oxygen atoms in total. The Labute approximate surface area is 133 Å². The molecule has 1 aliphatic heterocycles. The molecule has 122 valence electrons. The minimum absolute atomic E-state index is 0.0559. The van der Waals surface area contributed by atoms with Crippen molar-refractivity contribution in [2.45, 2.75) is 20.3 Å². The highest BCUT2D eigenvalue weighted by molar-refractivity contribution is 5.74. The quantitative estimate of drug-likeness (QED) is 0.909. The van der Waals surface area contributed by atoms with Crippen molar-refractivity contribution in [3.05, 3.63) is 24.3 Å². The third-order valence-electron chi connectivity index (χ3n) is 3.99. The molecule has 0 atom stereocenters. The summed E-state index contributed by atoms with van der Waals surface area (Å²) in [6.07, 6.45) is 1.02. The van der Waals surface area contributed by atoms with E-state index in [4.69, 9.17) is 4.74 Å². The van der Waals surface area contributed by atoms with E-state index in [1.165, 1.54) is 0 Å². The lowest BCUT2D eigenvalue weighted by molar-refractivity contribution is 0.194. The van der Waals surface area contributed by atoms with Crippen LogP contribution in [0.25, 0.3) is 0 Å². The zero-order chi connectivity index (χ0) is 15.9. The van der Waals surface area contributed by atoms with Crippen LogP contribution in [0.15, 0.2) is 24.3 Å². The molecule has 0 aliphatic carbocycles. The first-order valence-corrected chi connectivity index (χ1v) is 8.02. The Hall–Kier alpha value is -1.91. The lowest BCUT2D eigenvalue weighted by atomic mass is 10.1. The molecule has 1 aliphatic rings. The van der Waals surface area contributed by atoms with Crippen LogP contribution in [-0.2, 0) is 0 Å². The van der Waals surface area contributed by atoms with Crippen molar-refractivity contribution < 1.29 is 9.53 Å². The van der Waals surface area contributed by atoms with Gasteiger partial charge in [-0.05, 0) is 24.5 Å². The number of benzene rings is 1. The molecule has 1 saturated heterocycles.